The zero-order chi connectivity index (χ0) is 10.4. The number of hydrogen-bond acceptors (Lipinski definition) is 2. The van der Waals surface area contributed by atoms with Crippen molar-refractivity contribution in [3.05, 3.63) is 0 Å². The van der Waals surface area contributed by atoms with Crippen LogP contribution in [0, 0.1) is 5.92 Å². The van der Waals surface area contributed by atoms with E-state index in [0.29, 0.717) is 0 Å². The minimum atomic E-state index is 0.757. The highest BCUT2D eigenvalue weighted by molar-refractivity contribution is 8.00. The van der Waals surface area contributed by atoms with Gasteiger partial charge in [0.2, 0.25) is 0 Å². The van der Waals surface area contributed by atoms with Crippen LogP contribution in [0.3, 0.4) is 0 Å². The normalized spacial score (nSPS) is 26.4. The maximum Gasteiger partial charge on any atom is 0.0212 e. The van der Waals surface area contributed by atoms with Crippen molar-refractivity contribution in [1.29, 1.82) is 0 Å². The van der Waals surface area contributed by atoms with Crippen molar-refractivity contribution < 1.29 is 0 Å². The molecule has 1 aliphatic heterocycles. The van der Waals surface area contributed by atoms with E-state index in [9.17, 15) is 0 Å². The van der Waals surface area contributed by atoms with Crippen LogP contribution in [0.4, 0.5) is 0 Å². The molecule has 1 rings (SSSR count). The maximum atomic E-state index is 3.69. The Kier molecular flexibility index (Phi) is 5.95. The van der Waals surface area contributed by atoms with Gasteiger partial charge in [0, 0.05) is 11.3 Å². The summed E-state index contributed by atoms with van der Waals surface area (Å²) in [7, 11) is 0. The van der Waals surface area contributed by atoms with Crippen LogP contribution in [0.1, 0.15) is 46.5 Å². The van der Waals surface area contributed by atoms with Crippen molar-refractivity contribution in [3.63, 3.8) is 0 Å². The van der Waals surface area contributed by atoms with Crippen LogP contribution in [-0.4, -0.2) is 23.6 Å². The van der Waals surface area contributed by atoms with E-state index >= 15 is 0 Å². The van der Waals surface area contributed by atoms with Crippen molar-refractivity contribution >= 4 is 11.8 Å². The summed E-state index contributed by atoms with van der Waals surface area (Å²) >= 11 is 2.18. The summed E-state index contributed by atoms with van der Waals surface area (Å²) in [5.41, 5.74) is 0. The number of rotatable bonds is 6. The average Bonchev–Trinajstić information content (AvgIpc) is 2.67. The van der Waals surface area contributed by atoms with Crippen LogP contribution >= 0.6 is 11.8 Å². The second-order valence-corrected chi connectivity index (χ2v) is 5.75. The molecule has 14 heavy (non-hydrogen) atoms. The van der Waals surface area contributed by atoms with Gasteiger partial charge in [0.25, 0.3) is 0 Å². The molecule has 0 bridgehead atoms. The lowest BCUT2D eigenvalue weighted by molar-refractivity contribution is 0.347. The van der Waals surface area contributed by atoms with Gasteiger partial charge in [0.15, 0.2) is 0 Å². The third-order valence-electron chi connectivity index (χ3n) is 3.16. The molecular formula is C12H25NS. The molecule has 1 saturated heterocycles. The lowest BCUT2D eigenvalue weighted by Crippen LogP contribution is -2.42. The lowest BCUT2D eigenvalue weighted by atomic mass is 9.92. The zero-order valence-electron chi connectivity index (χ0n) is 9.88. The van der Waals surface area contributed by atoms with E-state index in [4.69, 9.17) is 0 Å². The Hall–Kier alpha value is 0.310. The second kappa shape index (κ2) is 6.73. The first-order valence-electron chi connectivity index (χ1n) is 6.14. The predicted molar refractivity (Wildman–Crippen MR) is 67.0 cm³/mol. The number of hydrogen-bond donors (Lipinski definition) is 1. The Morgan fingerprint density at radius 3 is 2.71 bits per heavy atom. The Morgan fingerprint density at radius 1 is 1.43 bits per heavy atom. The predicted octanol–water partition coefficient (Wildman–Crippen LogP) is 3.30. The molecule has 1 aliphatic rings. The fourth-order valence-electron chi connectivity index (χ4n) is 2.46. The van der Waals surface area contributed by atoms with Gasteiger partial charge in [-0.1, -0.05) is 27.2 Å². The van der Waals surface area contributed by atoms with Crippen LogP contribution < -0.4 is 5.32 Å². The van der Waals surface area contributed by atoms with Gasteiger partial charge in [-0.25, -0.2) is 0 Å². The molecule has 2 heteroatoms. The van der Waals surface area contributed by atoms with Gasteiger partial charge in [-0.2, -0.15) is 11.8 Å². The van der Waals surface area contributed by atoms with Gasteiger partial charge >= 0.3 is 0 Å². The van der Waals surface area contributed by atoms with E-state index in [1.165, 1.54) is 31.4 Å². The summed E-state index contributed by atoms with van der Waals surface area (Å²) in [6.07, 6.45) is 5.54. The average molecular weight is 215 g/mol. The van der Waals surface area contributed by atoms with Crippen LogP contribution in [0.15, 0.2) is 0 Å². The summed E-state index contributed by atoms with van der Waals surface area (Å²) in [4.78, 5) is 0. The lowest BCUT2D eigenvalue weighted by Gasteiger charge is -2.29. The van der Waals surface area contributed by atoms with Crippen molar-refractivity contribution in [2.24, 2.45) is 5.92 Å². The molecule has 1 N–H and O–H groups in total. The second-order valence-electron chi connectivity index (χ2n) is 4.40. The van der Waals surface area contributed by atoms with Crippen molar-refractivity contribution in [3.8, 4) is 0 Å². The SMILES string of the molecule is CCCC(C)C(NCC)C1CCCS1. The summed E-state index contributed by atoms with van der Waals surface area (Å²) < 4.78 is 0. The van der Waals surface area contributed by atoms with Crippen LogP contribution in [0.25, 0.3) is 0 Å². The molecule has 0 aromatic rings. The molecule has 0 radical (unpaired) electrons. The molecular weight excluding hydrogens is 190 g/mol. The Balaban J connectivity index is 2.43. The highest BCUT2D eigenvalue weighted by Gasteiger charge is 2.28. The first-order valence-corrected chi connectivity index (χ1v) is 7.19. The first-order chi connectivity index (χ1) is 6.79. The molecule has 0 amide bonds. The summed E-state index contributed by atoms with van der Waals surface area (Å²) in [6, 6.07) is 0.757. The van der Waals surface area contributed by atoms with Gasteiger partial charge in [0.05, 0.1) is 0 Å². The number of nitrogens with one attached hydrogen (secondary N) is 1. The van der Waals surface area contributed by atoms with Gasteiger partial charge in [0.1, 0.15) is 0 Å². The van der Waals surface area contributed by atoms with Gasteiger partial charge in [-0.15, -0.1) is 0 Å². The van der Waals surface area contributed by atoms with E-state index in [0.717, 1.165) is 23.8 Å². The van der Waals surface area contributed by atoms with E-state index in [-0.39, 0.29) is 0 Å². The third kappa shape index (κ3) is 3.47. The highest BCUT2D eigenvalue weighted by atomic mass is 32.2. The van der Waals surface area contributed by atoms with Crippen molar-refractivity contribution in [2.45, 2.75) is 57.7 Å². The molecule has 0 aliphatic carbocycles. The fraction of sp³-hybridized carbons (Fsp3) is 1.00. The van der Waals surface area contributed by atoms with Crippen LogP contribution in [0.5, 0.6) is 0 Å². The smallest absolute Gasteiger partial charge is 0.0212 e. The Morgan fingerprint density at radius 2 is 2.21 bits per heavy atom. The van der Waals surface area contributed by atoms with E-state index < -0.39 is 0 Å². The quantitative estimate of drug-likeness (QED) is 0.729. The Bertz CT molecular complexity index is 143. The first kappa shape index (κ1) is 12.4. The third-order valence-corrected chi connectivity index (χ3v) is 4.64. The van der Waals surface area contributed by atoms with Gasteiger partial charge in [-0.3, -0.25) is 0 Å². The van der Waals surface area contributed by atoms with Gasteiger partial charge in [-0.05, 0) is 37.5 Å². The monoisotopic (exact) mass is 215 g/mol. The molecule has 84 valence electrons. The van der Waals surface area contributed by atoms with E-state index in [1.54, 1.807) is 0 Å². The van der Waals surface area contributed by atoms with Crippen molar-refractivity contribution in [2.75, 3.05) is 12.3 Å². The molecule has 1 nitrogen and oxygen atoms in total. The highest BCUT2D eigenvalue weighted by Crippen LogP contribution is 2.32. The van der Waals surface area contributed by atoms with E-state index in [2.05, 4.69) is 37.8 Å². The molecule has 0 aromatic heterocycles. The molecule has 1 heterocycles. The molecule has 3 atom stereocenters. The van der Waals surface area contributed by atoms with Crippen molar-refractivity contribution in [1.82, 2.24) is 5.32 Å². The van der Waals surface area contributed by atoms with Crippen LogP contribution in [-0.2, 0) is 0 Å². The largest absolute Gasteiger partial charge is 0.313 e. The molecule has 0 spiro atoms. The Labute approximate surface area is 93.4 Å². The topological polar surface area (TPSA) is 12.0 Å². The maximum absolute atomic E-state index is 3.69. The molecule has 1 fully saturated rings. The summed E-state index contributed by atoms with van der Waals surface area (Å²) in [5, 5.41) is 4.57. The minimum absolute atomic E-state index is 0.757. The molecule has 0 saturated carbocycles. The zero-order valence-corrected chi connectivity index (χ0v) is 10.7. The van der Waals surface area contributed by atoms with E-state index in [1.807, 2.05) is 0 Å². The molecule has 0 aromatic carbocycles. The molecule has 3 unspecified atom stereocenters. The summed E-state index contributed by atoms with van der Waals surface area (Å²) in [6.45, 7) is 8.05. The minimum Gasteiger partial charge on any atom is -0.313 e. The van der Waals surface area contributed by atoms with Crippen LogP contribution in [0.2, 0.25) is 0 Å². The van der Waals surface area contributed by atoms with Gasteiger partial charge < -0.3 is 5.32 Å². The standard InChI is InChI=1S/C12H25NS/c1-4-7-10(3)12(13-5-2)11-8-6-9-14-11/h10-13H,4-9H2,1-3H3. The fourth-order valence-corrected chi connectivity index (χ4v) is 4.00. The number of thioether (sulfide) groups is 1. The summed E-state index contributed by atoms with van der Waals surface area (Å²) in [5.74, 6) is 2.22.